The molecule has 0 spiro atoms. The van der Waals surface area contributed by atoms with Gasteiger partial charge in [0.2, 0.25) is 0 Å². The van der Waals surface area contributed by atoms with Crippen molar-refractivity contribution in [3.63, 3.8) is 0 Å². The highest BCUT2D eigenvalue weighted by molar-refractivity contribution is 5.40. The second-order valence-electron chi connectivity index (χ2n) is 5.23. The summed E-state index contributed by atoms with van der Waals surface area (Å²) in [5.41, 5.74) is 6.92. The molecule has 2 N–H and O–H groups in total. The van der Waals surface area contributed by atoms with Crippen LogP contribution >= 0.6 is 0 Å². The molecule has 1 aliphatic rings. The van der Waals surface area contributed by atoms with E-state index in [2.05, 4.69) is 0 Å². The zero-order chi connectivity index (χ0) is 13.7. The SMILES string of the molecule is COc1ccc(OCOCC2CC2)c(CC(C)N)c1. The summed E-state index contributed by atoms with van der Waals surface area (Å²) >= 11 is 0. The molecule has 1 aromatic rings. The van der Waals surface area contributed by atoms with E-state index in [1.807, 2.05) is 25.1 Å². The molecule has 0 amide bonds. The lowest BCUT2D eigenvalue weighted by Crippen LogP contribution is -2.18. The topological polar surface area (TPSA) is 53.7 Å². The fraction of sp³-hybridized carbons (Fsp3) is 0.600. The second-order valence-corrected chi connectivity index (χ2v) is 5.23. The summed E-state index contributed by atoms with van der Waals surface area (Å²) in [7, 11) is 1.66. The van der Waals surface area contributed by atoms with Crippen molar-refractivity contribution in [1.29, 1.82) is 0 Å². The van der Waals surface area contributed by atoms with Crippen molar-refractivity contribution in [3.05, 3.63) is 23.8 Å². The highest BCUT2D eigenvalue weighted by Crippen LogP contribution is 2.29. The maximum Gasteiger partial charge on any atom is 0.189 e. The lowest BCUT2D eigenvalue weighted by Gasteiger charge is -2.14. The standard InChI is InChI=1S/C15H23NO3/c1-11(16)7-13-8-14(17-2)5-6-15(13)19-10-18-9-12-3-4-12/h5-6,8,11-12H,3-4,7,9-10,16H2,1-2H3. The van der Waals surface area contributed by atoms with Crippen LogP contribution in [-0.4, -0.2) is 26.6 Å². The molecule has 1 aliphatic carbocycles. The van der Waals surface area contributed by atoms with Crippen molar-refractivity contribution in [3.8, 4) is 11.5 Å². The zero-order valence-corrected chi connectivity index (χ0v) is 11.7. The summed E-state index contributed by atoms with van der Waals surface area (Å²) in [4.78, 5) is 0. The van der Waals surface area contributed by atoms with Crippen LogP contribution in [0.5, 0.6) is 11.5 Å². The summed E-state index contributed by atoms with van der Waals surface area (Å²) in [5.74, 6) is 2.40. The Balaban J connectivity index is 1.91. The first-order chi connectivity index (χ1) is 9.19. The summed E-state index contributed by atoms with van der Waals surface area (Å²) in [5, 5.41) is 0. The average Bonchev–Trinajstić information content (AvgIpc) is 3.19. The van der Waals surface area contributed by atoms with Crippen LogP contribution in [0.25, 0.3) is 0 Å². The van der Waals surface area contributed by atoms with Crippen LogP contribution in [0.4, 0.5) is 0 Å². The quantitative estimate of drug-likeness (QED) is 0.579. The van der Waals surface area contributed by atoms with E-state index < -0.39 is 0 Å². The Labute approximate surface area is 114 Å². The van der Waals surface area contributed by atoms with Crippen molar-refractivity contribution in [2.75, 3.05) is 20.5 Å². The lowest BCUT2D eigenvalue weighted by atomic mass is 10.1. The third kappa shape index (κ3) is 4.73. The van der Waals surface area contributed by atoms with Gasteiger partial charge in [-0.15, -0.1) is 0 Å². The van der Waals surface area contributed by atoms with Gasteiger partial charge in [-0.2, -0.15) is 0 Å². The molecule has 1 saturated carbocycles. The zero-order valence-electron chi connectivity index (χ0n) is 11.7. The molecule has 19 heavy (non-hydrogen) atoms. The normalized spacial score (nSPS) is 16.2. The minimum absolute atomic E-state index is 0.0850. The minimum Gasteiger partial charge on any atom is -0.497 e. The highest BCUT2D eigenvalue weighted by Gasteiger charge is 2.21. The van der Waals surface area contributed by atoms with Crippen LogP contribution in [0.1, 0.15) is 25.3 Å². The minimum atomic E-state index is 0.0850. The Kier molecular flexibility index (Phi) is 5.05. The third-order valence-corrected chi connectivity index (χ3v) is 3.16. The van der Waals surface area contributed by atoms with Gasteiger partial charge >= 0.3 is 0 Å². The molecule has 1 aromatic carbocycles. The largest absolute Gasteiger partial charge is 0.497 e. The molecule has 1 unspecified atom stereocenters. The molecule has 2 rings (SSSR count). The van der Waals surface area contributed by atoms with Crippen LogP contribution in [0.2, 0.25) is 0 Å². The molecule has 0 aromatic heterocycles. The molecule has 0 radical (unpaired) electrons. The summed E-state index contributed by atoms with van der Waals surface area (Å²) < 4.78 is 16.4. The Morgan fingerprint density at radius 1 is 1.37 bits per heavy atom. The molecule has 106 valence electrons. The average molecular weight is 265 g/mol. The second kappa shape index (κ2) is 6.78. The first-order valence-electron chi connectivity index (χ1n) is 6.82. The summed E-state index contributed by atoms with van der Waals surface area (Å²) in [6.07, 6.45) is 3.34. The van der Waals surface area contributed by atoms with Gasteiger partial charge in [-0.05, 0) is 55.9 Å². The van der Waals surface area contributed by atoms with Gasteiger partial charge in [0.25, 0.3) is 0 Å². The maximum absolute atomic E-state index is 5.86. The monoisotopic (exact) mass is 265 g/mol. The molecule has 1 fully saturated rings. The van der Waals surface area contributed by atoms with Crippen LogP contribution in [0.15, 0.2) is 18.2 Å². The number of rotatable bonds is 8. The van der Waals surface area contributed by atoms with Gasteiger partial charge in [0, 0.05) is 6.04 Å². The van der Waals surface area contributed by atoms with Crippen molar-refractivity contribution in [2.45, 2.75) is 32.2 Å². The lowest BCUT2D eigenvalue weighted by molar-refractivity contribution is 0.00941. The van der Waals surface area contributed by atoms with Crippen LogP contribution in [0, 0.1) is 5.92 Å². The highest BCUT2D eigenvalue weighted by atomic mass is 16.7. The van der Waals surface area contributed by atoms with E-state index in [0.717, 1.165) is 36.0 Å². The number of methoxy groups -OCH3 is 1. The molecular weight excluding hydrogens is 242 g/mol. The predicted molar refractivity (Wildman–Crippen MR) is 74.5 cm³/mol. The third-order valence-electron chi connectivity index (χ3n) is 3.16. The van der Waals surface area contributed by atoms with Gasteiger partial charge in [-0.25, -0.2) is 0 Å². The van der Waals surface area contributed by atoms with E-state index >= 15 is 0 Å². The van der Waals surface area contributed by atoms with Crippen molar-refractivity contribution >= 4 is 0 Å². The van der Waals surface area contributed by atoms with E-state index in [-0.39, 0.29) is 6.04 Å². The first-order valence-corrected chi connectivity index (χ1v) is 6.82. The van der Waals surface area contributed by atoms with Crippen LogP contribution < -0.4 is 15.2 Å². The summed E-state index contributed by atoms with van der Waals surface area (Å²) in [6, 6.07) is 5.86. The maximum atomic E-state index is 5.86. The van der Waals surface area contributed by atoms with Crippen LogP contribution in [-0.2, 0) is 11.2 Å². The number of hydrogen-bond acceptors (Lipinski definition) is 4. The predicted octanol–water partition coefficient (Wildman–Crippen LogP) is 2.35. The number of nitrogens with two attached hydrogens (primary N) is 1. The fourth-order valence-corrected chi connectivity index (χ4v) is 1.93. The van der Waals surface area contributed by atoms with E-state index in [9.17, 15) is 0 Å². The van der Waals surface area contributed by atoms with Gasteiger partial charge in [-0.1, -0.05) is 0 Å². The van der Waals surface area contributed by atoms with Crippen LogP contribution in [0.3, 0.4) is 0 Å². The molecule has 0 bridgehead atoms. The Bertz CT molecular complexity index is 402. The van der Waals surface area contributed by atoms with Gasteiger partial charge in [-0.3, -0.25) is 0 Å². The molecule has 0 aliphatic heterocycles. The molecule has 1 atom stereocenters. The van der Waals surface area contributed by atoms with E-state index in [4.69, 9.17) is 19.9 Å². The van der Waals surface area contributed by atoms with Gasteiger partial charge in [0.15, 0.2) is 6.79 Å². The van der Waals surface area contributed by atoms with E-state index in [1.165, 1.54) is 12.8 Å². The van der Waals surface area contributed by atoms with Crippen molar-refractivity contribution in [2.24, 2.45) is 11.7 Å². The molecule has 4 heteroatoms. The fourth-order valence-electron chi connectivity index (χ4n) is 1.93. The summed E-state index contributed by atoms with van der Waals surface area (Å²) in [6.45, 7) is 3.08. The molecular formula is C15H23NO3. The van der Waals surface area contributed by atoms with E-state index in [0.29, 0.717) is 6.79 Å². The van der Waals surface area contributed by atoms with E-state index in [1.54, 1.807) is 7.11 Å². The molecule has 4 nitrogen and oxygen atoms in total. The van der Waals surface area contributed by atoms with Crippen molar-refractivity contribution < 1.29 is 14.2 Å². The Hall–Kier alpha value is -1.26. The number of benzene rings is 1. The number of ether oxygens (including phenoxy) is 3. The molecule has 0 saturated heterocycles. The first kappa shape index (κ1) is 14.2. The Morgan fingerprint density at radius 2 is 2.16 bits per heavy atom. The van der Waals surface area contributed by atoms with Gasteiger partial charge in [0.1, 0.15) is 11.5 Å². The van der Waals surface area contributed by atoms with Gasteiger partial charge < -0.3 is 19.9 Å². The van der Waals surface area contributed by atoms with Crippen molar-refractivity contribution in [1.82, 2.24) is 0 Å². The number of hydrogen-bond donors (Lipinski definition) is 1. The Morgan fingerprint density at radius 3 is 2.79 bits per heavy atom. The smallest absolute Gasteiger partial charge is 0.189 e. The molecule has 0 heterocycles. The van der Waals surface area contributed by atoms with Gasteiger partial charge in [0.05, 0.1) is 13.7 Å².